The van der Waals surface area contributed by atoms with Crippen LogP contribution in [0.2, 0.25) is 0 Å². The fraction of sp³-hybridized carbons (Fsp3) is 0. The minimum absolute atomic E-state index is 1.04. The smallest absolute Gasteiger partial charge is 0.0645 e. The van der Waals surface area contributed by atoms with Crippen molar-refractivity contribution < 1.29 is 0 Å². The van der Waals surface area contributed by atoms with E-state index in [4.69, 9.17) is 0 Å². The van der Waals surface area contributed by atoms with Crippen LogP contribution in [0.15, 0.2) is 170 Å². The van der Waals surface area contributed by atoms with Crippen molar-refractivity contribution in [2.45, 2.75) is 0 Å². The lowest BCUT2D eigenvalue weighted by atomic mass is 9.93. The first-order valence-corrected chi connectivity index (χ1v) is 14.6. The highest BCUT2D eigenvalue weighted by atomic mass is 15.0. The fourth-order valence-electron chi connectivity index (χ4n) is 6.29. The highest BCUT2D eigenvalue weighted by Gasteiger charge is 2.22. The summed E-state index contributed by atoms with van der Waals surface area (Å²) in [6.45, 7) is 0. The summed E-state index contributed by atoms with van der Waals surface area (Å²) >= 11 is 0. The maximum absolute atomic E-state index is 4.57. The van der Waals surface area contributed by atoms with E-state index in [1.807, 2.05) is 18.5 Å². The summed E-state index contributed by atoms with van der Waals surface area (Å²) in [6.07, 6.45) is 3.81. The lowest BCUT2D eigenvalue weighted by Gasteiger charge is -2.15. The molecule has 0 radical (unpaired) electrons. The molecular weight excluding hydrogens is 520 g/mol. The third-order valence-corrected chi connectivity index (χ3v) is 8.25. The predicted octanol–water partition coefficient (Wildman–Crippen LogP) is 10.8. The number of hydrogen-bond acceptors (Lipinski definition) is 1. The molecule has 0 spiro atoms. The maximum Gasteiger partial charge on any atom is 0.0645 e. The van der Waals surface area contributed by atoms with Gasteiger partial charge in [0.2, 0.25) is 0 Å². The van der Waals surface area contributed by atoms with E-state index in [9.17, 15) is 0 Å². The minimum Gasteiger partial charge on any atom is -0.306 e. The highest BCUT2D eigenvalue weighted by Crippen LogP contribution is 2.45. The standard InChI is InChI=1S/C41H28N2/c1-5-14-29(15-6-1)33-24-36(31-18-9-3-10-19-31)40-38(26-33)39-27-34(30-16-7-2-8-17-30)25-37(32-20-11-4-12-21-32)41(39)43(40)35-22-13-23-42-28-35/h1-28H. The monoisotopic (exact) mass is 548 g/mol. The fourth-order valence-corrected chi connectivity index (χ4v) is 6.29. The molecule has 2 aromatic heterocycles. The first-order chi connectivity index (χ1) is 21.3. The van der Waals surface area contributed by atoms with Gasteiger partial charge in [-0.1, -0.05) is 121 Å². The molecule has 0 bridgehead atoms. The molecule has 6 aromatic carbocycles. The number of nitrogens with zero attached hydrogens (tertiary/aromatic N) is 2. The van der Waals surface area contributed by atoms with Gasteiger partial charge in [0.15, 0.2) is 0 Å². The van der Waals surface area contributed by atoms with Crippen molar-refractivity contribution in [2.24, 2.45) is 0 Å². The van der Waals surface area contributed by atoms with Gasteiger partial charge in [-0.3, -0.25) is 4.98 Å². The van der Waals surface area contributed by atoms with Gasteiger partial charge in [0.05, 0.1) is 22.9 Å². The molecule has 202 valence electrons. The summed E-state index contributed by atoms with van der Waals surface area (Å²) in [7, 11) is 0. The number of pyridine rings is 1. The molecule has 2 nitrogen and oxygen atoms in total. The number of fused-ring (bicyclic) bond motifs is 3. The third kappa shape index (κ3) is 4.41. The second kappa shape index (κ2) is 10.6. The first kappa shape index (κ1) is 25.0. The van der Waals surface area contributed by atoms with Crippen LogP contribution in [0.25, 0.3) is 72.0 Å². The Bertz CT molecular complexity index is 2040. The van der Waals surface area contributed by atoms with E-state index >= 15 is 0 Å². The van der Waals surface area contributed by atoms with Crippen LogP contribution in [0.5, 0.6) is 0 Å². The SMILES string of the molecule is c1ccc(-c2cc(-c3ccccc3)c3c(c2)c2cc(-c4ccccc4)cc(-c4ccccc4)c2n3-c2cccnc2)cc1. The van der Waals surface area contributed by atoms with Gasteiger partial charge in [0.25, 0.3) is 0 Å². The van der Waals surface area contributed by atoms with Gasteiger partial charge >= 0.3 is 0 Å². The molecule has 43 heavy (non-hydrogen) atoms. The molecule has 0 amide bonds. The molecule has 0 aliphatic carbocycles. The van der Waals surface area contributed by atoms with Crippen molar-refractivity contribution in [2.75, 3.05) is 0 Å². The minimum atomic E-state index is 1.04. The highest BCUT2D eigenvalue weighted by molar-refractivity contribution is 6.19. The largest absolute Gasteiger partial charge is 0.306 e. The maximum atomic E-state index is 4.57. The zero-order valence-corrected chi connectivity index (χ0v) is 23.6. The van der Waals surface area contributed by atoms with Crippen molar-refractivity contribution in [1.29, 1.82) is 0 Å². The Balaban J connectivity index is 1.61. The Kier molecular flexibility index (Phi) is 6.16. The number of benzene rings is 6. The summed E-state index contributed by atoms with van der Waals surface area (Å²) in [4.78, 5) is 4.57. The van der Waals surface area contributed by atoms with Crippen LogP contribution in [-0.4, -0.2) is 9.55 Å². The van der Waals surface area contributed by atoms with Crippen LogP contribution >= 0.6 is 0 Å². The molecule has 0 N–H and O–H groups in total. The van der Waals surface area contributed by atoms with Crippen molar-refractivity contribution in [3.8, 4) is 50.2 Å². The second-order valence-electron chi connectivity index (χ2n) is 10.9. The molecule has 0 aliphatic rings. The molecule has 0 saturated carbocycles. The van der Waals surface area contributed by atoms with Gasteiger partial charge in [-0.15, -0.1) is 0 Å². The van der Waals surface area contributed by atoms with Gasteiger partial charge in [-0.05, 0) is 69.8 Å². The average Bonchev–Trinajstić information content (AvgIpc) is 3.44. The summed E-state index contributed by atoms with van der Waals surface area (Å²) in [5, 5.41) is 2.43. The predicted molar refractivity (Wildman–Crippen MR) is 180 cm³/mol. The molecule has 0 saturated heterocycles. The summed E-state index contributed by atoms with van der Waals surface area (Å²) in [5.41, 5.74) is 12.9. The van der Waals surface area contributed by atoms with Crippen molar-refractivity contribution in [3.63, 3.8) is 0 Å². The van der Waals surface area contributed by atoms with E-state index in [2.05, 4.69) is 161 Å². The molecule has 2 heteroatoms. The van der Waals surface area contributed by atoms with E-state index in [-0.39, 0.29) is 0 Å². The summed E-state index contributed by atoms with van der Waals surface area (Å²) in [6, 6.07) is 56.5. The van der Waals surface area contributed by atoms with Crippen LogP contribution in [0.4, 0.5) is 0 Å². The van der Waals surface area contributed by atoms with E-state index < -0.39 is 0 Å². The quantitative estimate of drug-likeness (QED) is 0.209. The van der Waals surface area contributed by atoms with E-state index in [0.29, 0.717) is 0 Å². The van der Waals surface area contributed by atoms with Crippen LogP contribution < -0.4 is 0 Å². The molecule has 2 heterocycles. The lowest BCUT2D eigenvalue weighted by molar-refractivity contribution is 1.14. The Morgan fingerprint density at radius 3 is 1.19 bits per heavy atom. The van der Waals surface area contributed by atoms with Gasteiger partial charge in [0.1, 0.15) is 0 Å². The topological polar surface area (TPSA) is 17.8 Å². The Labute approximate surface area is 251 Å². The van der Waals surface area contributed by atoms with Gasteiger partial charge in [-0.25, -0.2) is 0 Å². The molecule has 0 fully saturated rings. The van der Waals surface area contributed by atoms with Crippen LogP contribution in [0.1, 0.15) is 0 Å². The lowest BCUT2D eigenvalue weighted by Crippen LogP contribution is -1.98. The molecule has 0 unspecified atom stereocenters. The first-order valence-electron chi connectivity index (χ1n) is 14.6. The zero-order chi connectivity index (χ0) is 28.6. The van der Waals surface area contributed by atoms with E-state index in [0.717, 1.165) is 5.69 Å². The Hall–Kier alpha value is -5.73. The number of aromatic nitrogens is 2. The van der Waals surface area contributed by atoms with E-state index in [1.165, 1.54) is 66.3 Å². The van der Waals surface area contributed by atoms with Gasteiger partial charge in [0, 0.05) is 28.1 Å². The summed E-state index contributed by atoms with van der Waals surface area (Å²) < 4.78 is 2.42. The zero-order valence-electron chi connectivity index (χ0n) is 23.6. The van der Waals surface area contributed by atoms with Crippen LogP contribution in [0.3, 0.4) is 0 Å². The van der Waals surface area contributed by atoms with Gasteiger partial charge in [-0.2, -0.15) is 0 Å². The molecule has 0 aliphatic heterocycles. The van der Waals surface area contributed by atoms with Crippen molar-refractivity contribution in [1.82, 2.24) is 9.55 Å². The van der Waals surface area contributed by atoms with Crippen molar-refractivity contribution >= 4 is 21.8 Å². The van der Waals surface area contributed by atoms with Crippen LogP contribution in [-0.2, 0) is 0 Å². The van der Waals surface area contributed by atoms with Crippen molar-refractivity contribution in [3.05, 3.63) is 170 Å². The second-order valence-corrected chi connectivity index (χ2v) is 10.9. The molecule has 0 atom stereocenters. The Morgan fingerprint density at radius 1 is 0.372 bits per heavy atom. The molecule has 8 rings (SSSR count). The normalized spacial score (nSPS) is 11.3. The third-order valence-electron chi connectivity index (χ3n) is 8.25. The molecule has 8 aromatic rings. The molecular formula is C41H28N2. The number of rotatable bonds is 5. The van der Waals surface area contributed by atoms with Crippen LogP contribution in [0, 0.1) is 0 Å². The Morgan fingerprint density at radius 2 is 0.791 bits per heavy atom. The van der Waals surface area contributed by atoms with E-state index in [1.54, 1.807) is 0 Å². The number of hydrogen-bond donors (Lipinski definition) is 0. The summed E-state index contributed by atoms with van der Waals surface area (Å²) in [5.74, 6) is 0. The van der Waals surface area contributed by atoms with Gasteiger partial charge < -0.3 is 4.57 Å². The average molecular weight is 549 g/mol.